The number of hydrogen-bond acceptors (Lipinski definition) is 1. The highest BCUT2D eigenvalue weighted by Gasteiger charge is 1.96. The predicted molar refractivity (Wildman–Crippen MR) is 47.0 cm³/mol. The first-order valence-corrected chi connectivity index (χ1v) is 3.17. The Kier molecular flexibility index (Phi) is 1.09. The molecule has 0 aliphatic carbocycles. The van der Waals surface area contributed by atoms with Crippen molar-refractivity contribution in [2.24, 2.45) is 0 Å². The molecule has 12 heavy (non-hydrogen) atoms. The van der Waals surface area contributed by atoms with Crippen LogP contribution in [0, 0.1) is 0 Å². The van der Waals surface area contributed by atoms with Gasteiger partial charge in [-0.3, -0.25) is 4.79 Å². The van der Waals surface area contributed by atoms with E-state index in [9.17, 15) is 4.79 Å². The van der Waals surface area contributed by atoms with Crippen molar-refractivity contribution in [1.82, 2.24) is 0 Å². The molecule has 1 N–H and O–H groups in total. The fourth-order valence-corrected chi connectivity index (χ4v) is 0.572. The van der Waals surface area contributed by atoms with Crippen LogP contribution in [0.4, 0.5) is 0 Å². The van der Waals surface area contributed by atoms with E-state index in [1.165, 1.54) is 6.07 Å². The highest BCUT2D eigenvalue weighted by molar-refractivity contribution is 5.66. The van der Waals surface area contributed by atoms with E-state index in [-0.39, 0.29) is 0 Å². The van der Waals surface area contributed by atoms with Crippen molar-refractivity contribution in [3.63, 3.8) is 0 Å². The zero-order valence-corrected chi connectivity index (χ0v) is 6.09. The molecule has 2 heteroatoms. The molecule has 1 rings (SSSR count). The van der Waals surface area contributed by atoms with Gasteiger partial charge in [0.05, 0.1) is 2.74 Å². The van der Waals surface area contributed by atoms with Crippen LogP contribution in [-0.2, 0) is 11.2 Å². The van der Waals surface area contributed by atoms with Gasteiger partial charge in [0, 0.05) is 14.6 Å². The van der Waals surface area contributed by atoms with Crippen molar-refractivity contribution in [2.45, 2.75) is 19.1 Å². The Labute approximate surface area is 83.1 Å². The van der Waals surface area contributed by atoms with Crippen LogP contribution in [0.3, 0.4) is 0 Å². The highest BCUT2D eigenvalue weighted by Crippen LogP contribution is 2.03. The first-order chi connectivity index (χ1) is 8.87. The Morgan fingerprint density at radius 2 is 2.17 bits per heavy atom. The van der Waals surface area contributed by atoms with E-state index in [0.717, 1.165) is 12.1 Å². The molecule has 0 aliphatic rings. The predicted octanol–water partition coefficient (Wildman–Crippen LogP) is 2.09. The average Bonchev–Trinajstić information content (AvgIpc) is 2.27. The van der Waals surface area contributed by atoms with E-state index in [4.69, 9.17) is 16.1 Å². The van der Waals surface area contributed by atoms with Crippen LogP contribution in [0.2, 0.25) is 0 Å². The zero-order chi connectivity index (χ0) is 15.9. The third kappa shape index (κ3) is 3.19. The number of carboxylic acids is 1. The molecule has 0 radical (unpaired) electrons. The largest absolute Gasteiger partial charge is 0.481 e. The molecule has 0 fully saturated rings. The maximum Gasteiger partial charge on any atom is 0.303 e. The van der Waals surface area contributed by atoms with Crippen LogP contribution >= 0.6 is 0 Å². The average molecular weight is 172 g/mol. The van der Waals surface area contributed by atoms with Crippen molar-refractivity contribution in [2.75, 3.05) is 0 Å². The molecule has 0 heterocycles. The maximum atomic E-state index is 10.8. The Hall–Kier alpha value is -1.31. The standard InChI is InChI=1S/C10H12O2/c11-10(12)8-4-7-9-5-2-1-3-6-9/h1-3,5-6H,4,7-8H2,(H,11,12)/i4D2,5D,6D,7D2,8D2. The minimum absolute atomic E-state index is 0.493. The van der Waals surface area contributed by atoms with E-state index in [1.54, 1.807) is 0 Å². The number of carboxylic acid groups (broad SMARTS) is 1. The first-order valence-electron chi connectivity index (χ1n) is 7.17. The van der Waals surface area contributed by atoms with Crippen LogP contribution in [0.15, 0.2) is 30.3 Å². The number of benzene rings is 1. The van der Waals surface area contributed by atoms with Crippen molar-refractivity contribution in [3.05, 3.63) is 35.8 Å². The first kappa shape index (κ1) is 2.87. The molecule has 0 spiro atoms. The lowest BCUT2D eigenvalue weighted by Crippen LogP contribution is -1.95. The Morgan fingerprint density at radius 3 is 2.75 bits per heavy atom. The van der Waals surface area contributed by atoms with Crippen LogP contribution in [-0.4, -0.2) is 11.1 Å². The van der Waals surface area contributed by atoms with Gasteiger partial charge in [0.2, 0.25) is 0 Å². The summed E-state index contributed by atoms with van der Waals surface area (Å²) in [5.74, 6) is -2.15. The van der Waals surface area contributed by atoms with Gasteiger partial charge in [0.15, 0.2) is 0 Å². The summed E-state index contributed by atoms with van der Waals surface area (Å²) in [5.41, 5.74) is -0.685. The quantitative estimate of drug-likeness (QED) is 0.755. The molecule has 0 amide bonds. The van der Waals surface area contributed by atoms with Crippen molar-refractivity contribution in [3.8, 4) is 0 Å². The Bertz CT molecular complexity index is 520. The second-order valence-electron chi connectivity index (χ2n) is 1.87. The Morgan fingerprint density at radius 1 is 1.50 bits per heavy atom. The van der Waals surface area contributed by atoms with Gasteiger partial charge < -0.3 is 5.11 Å². The molecular weight excluding hydrogens is 152 g/mol. The summed E-state index contributed by atoms with van der Waals surface area (Å²) in [4.78, 5) is 10.8. The minimum Gasteiger partial charge on any atom is -0.481 e. The van der Waals surface area contributed by atoms with E-state index in [1.807, 2.05) is 0 Å². The summed E-state index contributed by atoms with van der Waals surface area (Å²) in [6.45, 7) is 0. The third-order valence-corrected chi connectivity index (χ3v) is 1.00. The SMILES string of the molecule is [2H]c1cccc([2H])c1C([2H])([2H])C([2H])([2H])C([2H])([2H])C(=O)O. The van der Waals surface area contributed by atoms with Gasteiger partial charge in [-0.2, -0.15) is 0 Å². The molecule has 64 valence electrons. The Balaban J connectivity index is 3.54. The smallest absolute Gasteiger partial charge is 0.303 e. The van der Waals surface area contributed by atoms with Crippen LogP contribution in [0.25, 0.3) is 0 Å². The zero-order valence-electron chi connectivity index (χ0n) is 14.1. The number of rotatable bonds is 4. The molecule has 0 saturated heterocycles. The van der Waals surface area contributed by atoms with E-state index in [2.05, 4.69) is 0 Å². The molecule has 0 saturated carbocycles. The van der Waals surface area contributed by atoms with Crippen LogP contribution < -0.4 is 0 Å². The summed E-state index contributed by atoms with van der Waals surface area (Å²) in [6.07, 6.45) is -10.2. The number of hydrogen-bond donors (Lipinski definition) is 1. The second kappa shape index (κ2) is 4.54. The third-order valence-electron chi connectivity index (χ3n) is 1.00. The van der Waals surface area contributed by atoms with Crippen LogP contribution in [0.5, 0.6) is 0 Å². The van der Waals surface area contributed by atoms with Gasteiger partial charge >= 0.3 is 5.97 Å². The van der Waals surface area contributed by atoms with Crippen molar-refractivity contribution >= 4 is 5.97 Å². The van der Waals surface area contributed by atoms with Gasteiger partial charge in [-0.05, 0) is 18.3 Å². The topological polar surface area (TPSA) is 37.3 Å². The second-order valence-corrected chi connectivity index (χ2v) is 1.87. The molecule has 2 nitrogen and oxygen atoms in total. The lowest BCUT2D eigenvalue weighted by molar-refractivity contribution is -0.137. The van der Waals surface area contributed by atoms with E-state index < -0.39 is 42.7 Å². The molecule has 1 aromatic carbocycles. The summed E-state index contributed by atoms with van der Waals surface area (Å²) in [7, 11) is 0. The van der Waals surface area contributed by atoms with Gasteiger partial charge in [0.25, 0.3) is 0 Å². The van der Waals surface area contributed by atoms with Crippen LogP contribution in [0.1, 0.15) is 29.3 Å². The summed E-state index contributed by atoms with van der Waals surface area (Å²) < 4.78 is 60.3. The van der Waals surface area contributed by atoms with Gasteiger partial charge in [-0.15, -0.1) is 0 Å². The lowest BCUT2D eigenvalue weighted by atomic mass is 10.1. The summed E-state index contributed by atoms with van der Waals surface area (Å²) >= 11 is 0. The molecule has 0 atom stereocenters. The lowest BCUT2D eigenvalue weighted by Gasteiger charge is -1.97. The fourth-order valence-electron chi connectivity index (χ4n) is 0.572. The highest BCUT2D eigenvalue weighted by atomic mass is 16.4. The minimum atomic E-state index is -3.52. The molecule has 0 bridgehead atoms. The van der Waals surface area contributed by atoms with Gasteiger partial charge in [-0.25, -0.2) is 0 Å². The monoisotopic (exact) mass is 172 g/mol. The van der Waals surface area contributed by atoms with Gasteiger partial charge in [0.1, 0.15) is 0 Å². The fraction of sp³-hybridized carbons (Fsp3) is 0.300. The normalized spacial score (nSPS) is 23.0. The van der Waals surface area contributed by atoms with E-state index in [0.29, 0.717) is 0 Å². The van der Waals surface area contributed by atoms with Crippen molar-refractivity contribution < 1.29 is 20.9 Å². The number of carbonyl (C=O) groups is 1. The van der Waals surface area contributed by atoms with E-state index >= 15 is 0 Å². The molecular formula is C10H12O2. The summed E-state index contributed by atoms with van der Waals surface area (Å²) in [6, 6.07) is 2.56. The van der Waals surface area contributed by atoms with Gasteiger partial charge in [-0.1, -0.05) is 30.3 Å². The molecule has 0 aliphatic heterocycles. The maximum absolute atomic E-state index is 10.8. The summed E-state index contributed by atoms with van der Waals surface area (Å²) in [5, 5.41) is 8.75. The van der Waals surface area contributed by atoms with Crippen molar-refractivity contribution in [1.29, 1.82) is 0 Å². The molecule has 1 aromatic rings. The number of aliphatic carboxylic acids is 1. The molecule has 0 unspecified atom stereocenters. The molecule has 0 aromatic heterocycles.